The van der Waals surface area contributed by atoms with Crippen molar-refractivity contribution in [2.75, 3.05) is 0 Å². The molecule has 2 aliphatic carbocycles. The molecule has 0 bridgehead atoms. The van der Waals surface area contributed by atoms with Crippen molar-refractivity contribution in [3.05, 3.63) is 36.1 Å². The number of hydrogen-bond donors (Lipinski definition) is 2. The minimum atomic E-state index is 0.0453. The highest BCUT2D eigenvalue weighted by Crippen LogP contribution is 2.27. The first-order chi connectivity index (χ1) is 7.84. The molecule has 1 heterocycles. The molecule has 0 amide bonds. The largest absolute Gasteiger partial charge is 0.512 e. The predicted molar refractivity (Wildman–Crippen MR) is 64.5 cm³/mol. The van der Waals surface area contributed by atoms with E-state index in [0.29, 0.717) is 11.8 Å². The third kappa shape index (κ3) is 1.61. The second kappa shape index (κ2) is 3.91. The summed E-state index contributed by atoms with van der Waals surface area (Å²) >= 11 is 0. The number of nitrogens with zero attached hydrogens (tertiary/aromatic N) is 1. The van der Waals surface area contributed by atoms with Gasteiger partial charge in [0.2, 0.25) is 0 Å². The van der Waals surface area contributed by atoms with Gasteiger partial charge in [-0.2, -0.15) is 0 Å². The number of aliphatic hydroxyl groups excluding tert-OH is 1. The van der Waals surface area contributed by atoms with Gasteiger partial charge in [-0.15, -0.1) is 0 Å². The molecule has 0 radical (unpaired) electrons. The molecule has 0 saturated carbocycles. The van der Waals surface area contributed by atoms with Crippen LogP contribution in [0, 0.1) is 5.92 Å². The van der Waals surface area contributed by atoms with E-state index in [1.165, 1.54) is 5.71 Å². The monoisotopic (exact) mass is 216 g/mol. The Balaban J connectivity index is 1.79. The zero-order valence-corrected chi connectivity index (χ0v) is 9.13. The van der Waals surface area contributed by atoms with E-state index in [2.05, 4.69) is 23.5 Å². The van der Waals surface area contributed by atoms with Gasteiger partial charge in [-0.25, -0.2) is 0 Å². The molecule has 3 atom stereocenters. The maximum Gasteiger partial charge on any atom is 0.110 e. The second-order valence-electron chi connectivity index (χ2n) is 4.54. The first-order valence-corrected chi connectivity index (χ1v) is 5.89. The number of hydrogen-bond acceptors (Lipinski definition) is 3. The molecule has 0 fully saturated rings. The number of aliphatic imine (C=N–C) groups is 1. The standard InChI is InChI=1S/C13H16N2O/c16-12-8-4-1-5-9(12)13-14-10-6-2-3-7-11(10)15-13/h1-2,4,6,8-10,13-14,16H,3,5,7H2. The number of nitrogens with one attached hydrogen (secondary N) is 1. The van der Waals surface area contributed by atoms with E-state index in [9.17, 15) is 5.11 Å². The Hall–Kier alpha value is -1.35. The molecule has 3 unspecified atom stereocenters. The molecule has 0 aromatic carbocycles. The van der Waals surface area contributed by atoms with Crippen molar-refractivity contribution in [1.82, 2.24) is 5.32 Å². The van der Waals surface area contributed by atoms with Gasteiger partial charge < -0.3 is 5.11 Å². The summed E-state index contributed by atoms with van der Waals surface area (Å²) in [5.74, 6) is 0.559. The molecular weight excluding hydrogens is 200 g/mol. The summed E-state index contributed by atoms with van der Waals surface area (Å²) in [7, 11) is 0. The Bertz CT molecular complexity index is 406. The summed E-state index contributed by atoms with van der Waals surface area (Å²) in [6, 6.07) is 0.303. The van der Waals surface area contributed by atoms with E-state index >= 15 is 0 Å². The average Bonchev–Trinajstić information content (AvgIpc) is 2.73. The average molecular weight is 216 g/mol. The van der Waals surface area contributed by atoms with Crippen LogP contribution in [0.3, 0.4) is 0 Å². The summed E-state index contributed by atoms with van der Waals surface area (Å²) in [5.41, 5.74) is 1.25. The lowest BCUT2D eigenvalue weighted by Crippen LogP contribution is -2.38. The molecule has 16 heavy (non-hydrogen) atoms. The lowest BCUT2D eigenvalue weighted by Gasteiger charge is -2.22. The highest BCUT2D eigenvalue weighted by atomic mass is 16.3. The first-order valence-electron chi connectivity index (χ1n) is 5.89. The third-order valence-corrected chi connectivity index (χ3v) is 3.46. The normalized spacial score (nSPS) is 36.9. The van der Waals surface area contributed by atoms with Crippen molar-refractivity contribution in [3.63, 3.8) is 0 Å². The first kappa shape index (κ1) is 9.85. The number of fused-ring (bicyclic) bond motifs is 1. The fraction of sp³-hybridized carbons (Fsp3) is 0.462. The summed E-state index contributed by atoms with van der Waals surface area (Å²) in [6.45, 7) is 0. The van der Waals surface area contributed by atoms with Crippen LogP contribution in [0.1, 0.15) is 19.3 Å². The maximum atomic E-state index is 9.85. The van der Waals surface area contributed by atoms with Crippen molar-refractivity contribution in [2.24, 2.45) is 10.9 Å². The van der Waals surface area contributed by atoms with Crippen LogP contribution in [0.5, 0.6) is 0 Å². The van der Waals surface area contributed by atoms with Crippen LogP contribution in [-0.2, 0) is 0 Å². The second-order valence-corrected chi connectivity index (χ2v) is 4.54. The summed E-state index contributed by atoms with van der Waals surface area (Å²) < 4.78 is 0. The molecule has 0 aromatic rings. The Morgan fingerprint density at radius 2 is 2.31 bits per heavy atom. The zero-order valence-electron chi connectivity index (χ0n) is 9.13. The lowest BCUT2D eigenvalue weighted by molar-refractivity contribution is 0.283. The van der Waals surface area contributed by atoms with E-state index in [1.54, 1.807) is 6.08 Å². The van der Waals surface area contributed by atoms with Crippen molar-refractivity contribution in [3.8, 4) is 0 Å². The molecule has 84 valence electrons. The fourth-order valence-electron chi connectivity index (χ4n) is 2.56. The van der Waals surface area contributed by atoms with E-state index in [-0.39, 0.29) is 12.1 Å². The van der Waals surface area contributed by atoms with E-state index in [1.807, 2.05) is 6.08 Å². The lowest BCUT2D eigenvalue weighted by atomic mass is 9.95. The van der Waals surface area contributed by atoms with Gasteiger partial charge in [0.25, 0.3) is 0 Å². The molecule has 0 saturated heterocycles. The number of aliphatic hydroxyl groups is 1. The molecule has 0 aromatic heterocycles. The van der Waals surface area contributed by atoms with E-state index in [4.69, 9.17) is 4.99 Å². The van der Waals surface area contributed by atoms with Crippen molar-refractivity contribution in [1.29, 1.82) is 0 Å². The topological polar surface area (TPSA) is 44.6 Å². The van der Waals surface area contributed by atoms with Crippen molar-refractivity contribution >= 4 is 5.71 Å². The molecule has 0 spiro atoms. The molecule has 3 nitrogen and oxygen atoms in total. The van der Waals surface area contributed by atoms with Gasteiger partial charge >= 0.3 is 0 Å². The summed E-state index contributed by atoms with van der Waals surface area (Å²) in [4.78, 5) is 4.70. The number of rotatable bonds is 1. The molecule has 1 aliphatic heterocycles. The Morgan fingerprint density at radius 1 is 1.38 bits per heavy atom. The highest BCUT2D eigenvalue weighted by Gasteiger charge is 2.33. The summed E-state index contributed by atoms with van der Waals surface area (Å²) in [6.07, 6.45) is 13.2. The van der Waals surface area contributed by atoms with E-state index in [0.717, 1.165) is 19.3 Å². The fourth-order valence-corrected chi connectivity index (χ4v) is 2.56. The van der Waals surface area contributed by atoms with Gasteiger partial charge in [0, 0.05) is 5.71 Å². The van der Waals surface area contributed by atoms with Crippen LogP contribution in [0.4, 0.5) is 0 Å². The SMILES string of the molecule is OC1=CC=CCC1C1N=C2CCC=CC2N1. The van der Waals surface area contributed by atoms with Crippen molar-refractivity contribution < 1.29 is 5.11 Å². The van der Waals surface area contributed by atoms with E-state index < -0.39 is 0 Å². The molecule has 3 rings (SSSR count). The van der Waals surface area contributed by atoms with Gasteiger partial charge in [-0.1, -0.05) is 24.3 Å². The number of allylic oxidation sites excluding steroid dienone is 4. The van der Waals surface area contributed by atoms with Crippen LogP contribution in [-0.4, -0.2) is 23.0 Å². The smallest absolute Gasteiger partial charge is 0.110 e. The van der Waals surface area contributed by atoms with Gasteiger partial charge in [-0.05, 0) is 25.3 Å². The van der Waals surface area contributed by atoms with Gasteiger partial charge in [0.05, 0.1) is 17.7 Å². The third-order valence-electron chi connectivity index (χ3n) is 3.46. The maximum absolute atomic E-state index is 9.85. The molecular formula is C13H16N2O. The molecule has 3 aliphatic rings. The van der Waals surface area contributed by atoms with Crippen LogP contribution in [0.2, 0.25) is 0 Å². The Morgan fingerprint density at radius 3 is 3.12 bits per heavy atom. The van der Waals surface area contributed by atoms with Gasteiger partial charge in [-0.3, -0.25) is 10.3 Å². The van der Waals surface area contributed by atoms with Gasteiger partial charge in [0.15, 0.2) is 0 Å². The zero-order chi connectivity index (χ0) is 11.0. The van der Waals surface area contributed by atoms with Crippen LogP contribution < -0.4 is 5.32 Å². The molecule has 2 N–H and O–H groups in total. The minimum Gasteiger partial charge on any atom is -0.512 e. The van der Waals surface area contributed by atoms with Crippen LogP contribution >= 0.6 is 0 Å². The Labute approximate surface area is 95.3 Å². The Kier molecular flexibility index (Phi) is 2.40. The van der Waals surface area contributed by atoms with Crippen LogP contribution in [0.15, 0.2) is 41.1 Å². The molecule has 3 heteroatoms. The summed E-state index contributed by atoms with van der Waals surface area (Å²) in [5, 5.41) is 13.3. The van der Waals surface area contributed by atoms with Crippen molar-refractivity contribution in [2.45, 2.75) is 31.5 Å². The minimum absolute atomic E-state index is 0.0453. The highest BCUT2D eigenvalue weighted by molar-refractivity contribution is 5.93. The van der Waals surface area contributed by atoms with Gasteiger partial charge in [0.1, 0.15) is 6.17 Å². The quantitative estimate of drug-likeness (QED) is 0.659. The predicted octanol–water partition coefficient (Wildman–Crippen LogP) is 2.09. The van der Waals surface area contributed by atoms with Crippen LogP contribution in [0.25, 0.3) is 0 Å².